The van der Waals surface area contributed by atoms with E-state index in [1.54, 1.807) is 12.2 Å². The minimum atomic E-state index is -0.402. The normalized spacial score (nSPS) is 18.7. The van der Waals surface area contributed by atoms with E-state index in [9.17, 15) is 4.39 Å². The lowest BCUT2D eigenvalue weighted by molar-refractivity contribution is 0.516. The molecule has 0 aliphatic heterocycles. The lowest BCUT2D eigenvalue weighted by atomic mass is 9.96. The molecular formula is C25H39FN4. The predicted molar refractivity (Wildman–Crippen MR) is 127 cm³/mol. The number of halogens is 1. The summed E-state index contributed by atoms with van der Waals surface area (Å²) in [5, 5.41) is 12.3. The van der Waals surface area contributed by atoms with Gasteiger partial charge < -0.3 is 17.2 Å². The van der Waals surface area contributed by atoms with Gasteiger partial charge in [-0.1, -0.05) is 43.5 Å². The van der Waals surface area contributed by atoms with E-state index < -0.39 is 5.83 Å². The smallest absolute Gasteiger partial charge is 0.119 e. The Kier molecular flexibility index (Phi) is 11.1. The van der Waals surface area contributed by atoms with Crippen molar-refractivity contribution in [3.63, 3.8) is 0 Å². The van der Waals surface area contributed by atoms with E-state index in [0.29, 0.717) is 35.4 Å². The molecule has 0 heterocycles. The molecule has 0 radical (unpaired) electrons. The summed E-state index contributed by atoms with van der Waals surface area (Å²) in [6.45, 7) is 9.00. The third kappa shape index (κ3) is 7.79. The molecule has 1 saturated carbocycles. The van der Waals surface area contributed by atoms with E-state index in [0.717, 1.165) is 62.6 Å². The highest BCUT2D eigenvalue weighted by atomic mass is 19.1. The Balaban J connectivity index is 0.00000450. The number of allylic oxidation sites excluding steroid dienone is 8. The van der Waals surface area contributed by atoms with Gasteiger partial charge in [0.2, 0.25) is 0 Å². The molecule has 0 unspecified atom stereocenters. The molecule has 0 aromatic heterocycles. The summed E-state index contributed by atoms with van der Waals surface area (Å²) in [5.74, 6) is 0.0665. The molecule has 7 N–H and O–H groups in total. The van der Waals surface area contributed by atoms with Gasteiger partial charge in [-0.25, -0.2) is 4.39 Å². The Morgan fingerprint density at radius 1 is 1.20 bits per heavy atom. The molecule has 2 aliphatic carbocycles. The maximum atomic E-state index is 13.5. The van der Waals surface area contributed by atoms with Crippen molar-refractivity contribution >= 4 is 5.71 Å². The SMILES string of the molecule is C=C/C=C(/CCC/C(=C(/N)C(=N)/C(=C\C)NC1CCC=CCC1)C1CC1)C(=C)F.N. The number of nitrogens with two attached hydrogens (primary N) is 1. The minimum absolute atomic E-state index is 0. The number of hydrogen-bond donors (Lipinski definition) is 4. The van der Waals surface area contributed by atoms with Gasteiger partial charge in [0.15, 0.2) is 0 Å². The van der Waals surface area contributed by atoms with Crippen molar-refractivity contribution in [2.75, 3.05) is 0 Å². The van der Waals surface area contributed by atoms with Crippen molar-refractivity contribution in [3.05, 3.63) is 71.9 Å². The zero-order valence-corrected chi connectivity index (χ0v) is 18.5. The fraction of sp³-hybridized carbons (Fsp3) is 0.480. The Hall–Kier alpha value is -2.40. The Morgan fingerprint density at radius 3 is 2.33 bits per heavy atom. The summed E-state index contributed by atoms with van der Waals surface area (Å²) < 4.78 is 13.5. The highest BCUT2D eigenvalue weighted by Crippen LogP contribution is 2.40. The van der Waals surface area contributed by atoms with Gasteiger partial charge in [-0.15, -0.1) is 0 Å². The fourth-order valence-electron chi connectivity index (χ4n) is 3.86. The zero-order valence-electron chi connectivity index (χ0n) is 18.5. The summed E-state index contributed by atoms with van der Waals surface area (Å²) in [6.07, 6.45) is 18.4. The number of rotatable bonds is 11. The molecule has 4 nitrogen and oxygen atoms in total. The topological polar surface area (TPSA) is 96.9 Å². The summed E-state index contributed by atoms with van der Waals surface area (Å²) in [6, 6.07) is 0.371. The van der Waals surface area contributed by atoms with Crippen molar-refractivity contribution in [1.29, 1.82) is 5.41 Å². The molecule has 1 fully saturated rings. The van der Waals surface area contributed by atoms with Crippen LogP contribution in [-0.4, -0.2) is 11.8 Å². The Bertz CT molecular complexity index is 728. The quantitative estimate of drug-likeness (QED) is 0.175. The second-order valence-corrected chi connectivity index (χ2v) is 7.94. The van der Waals surface area contributed by atoms with E-state index in [1.165, 1.54) is 0 Å². The molecule has 0 bridgehead atoms. The van der Waals surface area contributed by atoms with Gasteiger partial charge in [0.05, 0.1) is 17.1 Å². The van der Waals surface area contributed by atoms with Crippen molar-refractivity contribution in [2.24, 2.45) is 11.7 Å². The van der Waals surface area contributed by atoms with Gasteiger partial charge >= 0.3 is 0 Å². The number of nitrogens with one attached hydrogen (secondary N) is 2. The van der Waals surface area contributed by atoms with Gasteiger partial charge in [-0.05, 0) is 81.8 Å². The van der Waals surface area contributed by atoms with Crippen LogP contribution in [0.25, 0.3) is 0 Å². The highest BCUT2D eigenvalue weighted by molar-refractivity contribution is 6.09. The lowest BCUT2D eigenvalue weighted by Crippen LogP contribution is -2.33. The van der Waals surface area contributed by atoms with Crippen LogP contribution >= 0.6 is 0 Å². The molecule has 5 heteroatoms. The summed E-state index contributed by atoms with van der Waals surface area (Å²) >= 11 is 0. The van der Waals surface area contributed by atoms with Crippen LogP contribution in [0.3, 0.4) is 0 Å². The summed E-state index contributed by atoms with van der Waals surface area (Å²) in [7, 11) is 0. The van der Waals surface area contributed by atoms with Crippen molar-refractivity contribution < 1.29 is 4.39 Å². The molecule has 0 spiro atoms. The monoisotopic (exact) mass is 414 g/mol. The maximum Gasteiger partial charge on any atom is 0.119 e. The zero-order chi connectivity index (χ0) is 21.2. The standard InChI is InChI=1S/C25H36FN3.H3N/c1-4-11-19(18(3)26)12-10-15-22(20-16-17-20)24(27)25(28)23(5-2)29-21-13-8-6-7-9-14-21;/h4-7,11,20-21,28-29H,1,3,8-10,12-17,27H2,2H3;1H3/b19-11-,23-5+,24-22-,28-25?;. The maximum absolute atomic E-state index is 13.5. The first kappa shape index (κ1) is 25.6. The van der Waals surface area contributed by atoms with Crippen LogP contribution in [0.4, 0.5) is 4.39 Å². The molecule has 0 aromatic rings. The van der Waals surface area contributed by atoms with Crippen LogP contribution in [0, 0.1) is 11.3 Å². The van der Waals surface area contributed by atoms with Crippen LogP contribution in [0.1, 0.15) is 64.7 Å². The van der Waals surface area contributed by atoms with Crippen molar-refractivity contribution in [3.8, 4) is 0 Å². The van der Waals surface area contributed by atoms with E-state index in [1.807, 2.05) is 13.0 Å². The second-order valence-electron chi connectivity index (χ2n) is 7.94. The van der Waals surface area contributed by atoms with Gasteiger partial charge in [0.1, 0.15) is 5.83 Å². The molecule has 0 saturated heterocycles. The molecule has 166 valence electrons. The highest BCUT2D eigenvalue weighted by Gasteiger charge is 2.29. The Morgan fingerprint density at radius 2 is 1.83 bits per heavy atom. The van der Waals surface area contributed by atoms with E-state index >= 15 is 0 Å². The van der Waals surface area contributed by atoms with Gasteiger partial charge in [-0.2, -0.15) is 0 Å². The average molecular weight is 415 g/mol. The minimum Gasteiger partial charge on any atom is -0.397 e. The van der Waals surface area contributed by atoms with Crippen LogP contribution in [0.15, 0.2) is 71.9 Å². The molecule has 2 rings (SSSR count). The van der Waals surface area contributed by atoms with E-state index in [-0.39, 0.29) is 6.15 Å². The molecule has 0 atom stereocenters. The lowest BCUT2D eigenvalue weighted by Gasteiger charge is -2.22. The van der Waals surface area contributed by atoms with Crippen LogP contribution in [0.5, 0.6) is 0 Å². The van der Waals surface area contributed by atoms with Gasteiger partial charge in [-0.3, -0.25) is 5.41 Å². The van der Waals surface area contributed by atoms with Crippen LogP contribution in [-0.2, 0) is 0 Å². The van der Waals surface area contributed by atoms with E-state index in [4.69, 9.17) is 11.1 Å². The molecule has 0 amide bonds. The number of hydrogen-bond acceptors (Lipinski definition) is 4. The van der Waals surface area contributed by atoms with Gasteiger partial charge in [0.25, 0.3) is 0 Å². The second kappa shape index (κ2) is 13.0. The first-order valence-electron chi connectivity index (χ1n) is 10.8. The molecule has 30 heavy (non-hydrogen) atoms. The predicted octanol–water partition coefficient (Wildman–Crippen LogP) is 6.55. The molecule has 0 aromatic carbocycles. The largest absolute Gasteiger partial charge is 0.397 e. The van der Waals surface area contributed by atoms with Crippen molar-refractivity contribution in [2.45, 2.75) is 70.8 Å². The van der Waals surface area contributed by atoms with Crippen LogP contribution < -0.4 is 17.2 Å². The fourth-order valence-corrected chi connectivity index (χ4v) is 3.86. The Labute approximate surface area is 181 Å². The first-order chi connectivity index (χ1) is 14.0. The average Bonchev–Trinajstić information content (AvgIpc) is 3.55. The van der Waals surface area contributed by atoms with Crippen LogP contribution in [0.2, 0.25) is 0 Å². The summed E-state index contributed by atoms with van der Waals surface area (Å²) in [5.41, 5.74) is 10.0. The van der Waals surface area contributed by atoms with Crippen molar-refractivity contribution in [1.82, 2.24) is 11.5 Å². The molecule has 2 aliphatic rings. The van der Waals surface area contributed by atoms with Gasteiger partial charge in [0, 0.05) is 6.04 Å². The van der Waals surface area contributed by atoms with E-state index in [2.05, 4.69) is 30.6 Å². The third-order valence-corrected chi connectivity index (χ3v) is 5.69. The third-order valence-electron chi connectivity index (χ3n) is 5.69. The first-order valence-corrected chi connectivity index (χ1v) is 10.8. The summed E-state index contributed by atoms with van der Waals surface area (Å²) in [4.78, 5) is 0. The molecular weight excluding hydrogens is 375 g/mol.